The van der Waals surface area contributed by atoms with E-state index in [-0.39, 0.29) is 17.5 Å². The Balaban J connectivity index is 1.54. The predicted molar refractivity (Wildman–Crippen MR) is 103 cm³/mol. The van der Waals surface area contributed by atoms with Crippen molar-refractivity contribution in [2.24, 2.45) is 0 Å². The molecule has 0 radical (unpaired) electrons. The molecule has 4 rings (SSSR count). The van der Waals surface area contributed by atoms with E-state index in [1.165, 1.54) is 4.88 Å². The van der Waals surface area contributed by atoms with E-state index in [2.05, 4.69) is 16.0 Å². The highest BCUT2D eigenvalue weighted by molar-refractivity contribution is 7.91. The van der Waals surface area contributed by atoms with E-state index >= 15 is 0 Å². The first kappa shape index (κ1) is 17.5. The summed E-state index contributed by atoms with van der Waals surface area (Å²) in [5, 5.41) is 2.04. The molecule has 0 bridgehead atoms. The molecule has 1 aliphatic heterocycles. The summed E-state index contributed by atoms with van der Waals surface area (Å²) in [4.78, 5) is 7.80. The van der Waals surface area contributed by atoms with Crippen molar-refractivity contribution >= 4 is 21.2 Å². The number of hydrogen-bond acceptors (Lipinski definition) is 6. The zero-order chi connectivity index (χ0) is 18.0. The van der Waals surface area contributed by atoms with Crippen LogP contribution in [-0.2, 0) is 22.9 Å². The molecule has 2 aromatic heterocycles. The van der Waals surface area contributed by atoms with Crippen LogP contribution in [0, 0.1) is 0 Å². The van der Waals surface area contributed by atoms with Crippen molar-refractivity contribution in [3.8, 4) is 11.3 Å². The van der Waals surface area contributed by atoms with E-state index < -0.39 is 9.84 Å². The highest BCUT2D eigenvalue weighted by Crippen LogP contribution is 2.25. The Morgan fingerprint density at radius 1 is 1.15 bits per heavy atom. The van der Waals surface area contributed by atoms with Gasteiger partial charge in [-0.2, -0.15) is 0 Å². The molecule has 0 unspecified atom stereocenters. The lowest BCUT2D eigenvalue weighted by molar-refractivity contribution is 0.178. The number of rotatable bonds is 6. The smallest absolute Gasteiger partial charge is 0.209 e. The molecule has 136 valence electrons. The number of oxazole rings is 1. The number of nitrogens with zero attached hydrogens (tertiary/aromatic N) is 2. The van der Waals surface area contributed by atoms with E-state index in [1.807, 2.05) is 41.8 Å². The van der Waals surface area contributed by atoms with Gasteiger partial charge in [-0.15, -0.1) is 11.3 Å². The summed E-state index contributed by atoms with van der Waals surface area (Å²) >= 11 is 1.68. The molecule has 0 saturated carbocycles. The summed E-state index contributed by atoms with van der Waals surface area (Å²) in [7, 11) is -2.94. The minimum absolute atomic E-state index is 0.00850. The molecule has 3 aromatic rings. The van der Waals surface area contributed by atoms with Gasteiger partial charge in [0.15, 0.2) is 15.6 Å². The van der Waals surface area contributed by atoms with Crippen molar-refractivity contribution in [1.82, 2.24) is 9.88 Å². The molecule has 1 aromatic carbocycles. The summed E-state index contributed by atoms with van der Waals surface area (Å²) in [6, 6.07) is 14.0. The molecular formula is C19H20N2O3S2. The summed E-state index contributed by atoms with van der Waals surface area (Å²) in [5.41, 5.74) is 0.986. The summed E-state index contributed by atoms with van der Waals surface area (Å²) < 4.78 is 29.8. The number of aromatic nitrogens is 1. The molecule has 0 aliphatic carbocycles. The number of thiophene rings is 1. The van der Waals surface area contributed by atoms with Gasteiger partial charge in [0.25, 0.3) is 0 Å². The van der Waals surface area contributed by atoms with Crippen molar-refractivity contribution in [2.45, 2.75) is 25.6 Å². The van der Waals surface area contributed by atoms with Crippen molar-refractivity contribution in [1.29, 1.82) is 0 Å². The average Bonchev–Trinajstić information content (AvgIpc) is 3.36. The molecule has 7 heteroatoms. The maximum atomic E-state index is 11.9. The lowest BCUT2D eigenvalue weighted by Gasteiger charge is -2.26. The monoisotopic (exact) mass is 388 g/mol. The third-order valence-corrected chi connectivity index (χ3v) is 7.23. The Labute approximate surface area is 157 Å². The molecule has 1 atom stereocenters. The molecule has 0 spiro atoms. The van der Waals surface area contributed by atoms with Crippen LogP contribution in [0.15, 0.2) is 58.5 Å². The standard InChI is InChI=1S/C19H20N2O3S2/c22-26(23)10-8-16(14-26)21(12-17-7-4-9-25-17)13-19-20-11-18(24-19)15-5-2-1-3-6-15/h1-7,9,11,16H,8,10,12-14H2/t16-/m0/s1. The molecule has 3 heterocycles. The van der Waals surface area contributed by atoms with Crippen LogP contribution in [0.3, 0.4) is 0 Å². The molecule has 0 N–H and O–H groups in total. The Bertz CT molecular complexity index is 950. The van der Waals surface area contributed by atoms with Gasteiger partial charge in [-0.3, -0.25) is 4.90 Å². The third kappa shape index (κ3) is 4.06. The van der Waals surface area contributed by atoms with Crippen LogP contribution in [-0.4, -0.2) is 35.8 Å². The first-order valence-corrected chi connectivity index (χ1v) is 11.3. The molecule has 1 saturated heterocycles. The Hall–Kier alpha value is -1.96. The van der Waals surface area contributed by atoms with E-state index in [0.717, 1.165) is 11.3 Å². The van der Waals surface area contributed by atoms with Crippen LogP contribution in [0.2, 0.25) is 0 Å². The third-order valence-electron chi connectivity index (χ3n) is 4.61. The molecular weight excluding hydrogens is 368 g/mol. The molecule has 1 fully saturated rings. The Morgan fingerprint density at radius 2 is 2.00 bits per heavy atom. The Morgan fingerprint density at radius 3 is 2.69 bits per heavy atom. The largest absolute Gasteiger partial charge is 0.439 e. The van der Waals surface area contributed by atoms with Gasteiger partial charge < -0.3 is 4.42 Å². The van der Waals surface area contributed by atoms with Gasteiger partial charge in [0.2, 0.25) is 5.89 Å². The fourth-order valence-corrected chi connectivity index (χ4v) is 5.76. The fourth-order valence-electron chi connectivity index (χ4n) is 3.27. The second-order valence-electron chi connectivity index (χ2n) is 6.53. The fraction of sp³-hybridized carbons (Fsp3) is 0.316. The number of benzene rings is 1. The van der Waals surface area contributed by atoms with Crippen molar-refractivity contribution in [3.63, 3.8) is 0 Å². The first-order chi connectivity index (χ1) is 12.6. The van der Waals surface area contributed by atoms with Gasteiger partial charge in [0.1, 0.15) is 0 Å². The van der Waals surface area contributed by atoms with Crippen molar-refractivity contribution in [2.75, 3.05) is 11.5 Å². The summed E-state index contributed by atoms with van der Waals surface area (Å²) in [6.07, 6.45) is 2.40. The predicted octanol–water partition coefficient (Wildman–Crippen LogP) is 3.59. The van der Waals surface area contributed by atoms with Crippen LogP contribution in [0.4, 0.5) is 0 Å². The molecule has 1 aliphatic rings. The van der Waals surface area contributed by atoms with E-state index in [9.17, 15) is 8.42 Å². The van der Waals surface area contributed by atoms with Gasteiger partial charge in [0, 0.05) is 23.0 Å². The SMILES string of the molecule is O=S1(=O)CC[C@H](N(Cc2ncc(-c3ccccc3)o2)Cc2cccs2)C1. The second kappa shape index (κ2) is 7.34. The quantitative estimate of drug-likeness (QED) is 0.646. The van der Waals surface area contributed by atoms with Crippen LogP contribution in [0.25, 0.3) is 11.3 Å². The van der Waals surface area contributed by atoms with Gasteiger partial charge in [-0.25, -0.2) is 13.4 Å². The van der Waals surface area contributed by atoms with E-state index in [0.29, 0.717) is 25.4 Å². The number of sulfone groups is 1. The lowest BCUT2D eigenvalue weighted by atomic mass is 10.2. The summed E-state index contributed by atoms with van der Waals surface area (Å²) in [5.74, 6) is 1.82. The Kier molecular flexibility index (Phi) is 4.93. The van der Waals surface area contributed by atoms with Gasteiger partial charge >= 0.3 is 0 Å². The summed E-state index contributed by atoms with van der Waals surface area (Å²) in [6.45, 7) is 1.21. The zero-order valence-corrected chi connectivity index (χ0v) is 15.9. The van der Waals surface area contributed by atoms with Gasteiger partial charge in [-0.1, -0.05) is 36.4 Å². The minimum atomic E-state index is -2.94. The van der Waals surface area contributed by atoms with Crippen LogP contribution in [0.1, 0.15) is 17.2 Å². The van der Waals surface area contributed by atoms with Crippen molar-refractivity contribution in [3.05, 3.63) is 64.8 Å². The lowest BCUT2D eigenvalue weighted by Crippen LogP contribution is -2.35. The average molecular weight is 389 g/mol. The number of hydrogen-bond donors (Lipinski definition) is 0. The zero-order valence-electron chi connectivity index (χ0n) is 14.2. The highest BCUT2D eigenvalue weighted by atomic mass is 32.2. The maximum absolute atomic E-state index is 11.9. The molecule has 5 nitrogen and oxygen atoms in total. The van der Waals surface area contributed by atoms with Crippen molar-refractivity contribution < 1.29 is 12.8 Å². The second-order valence-corrected chi connectivity index (χ2v) is 9.79. The molecule has 26 heavy (non-hydrogen) atoms. The van der Waals surface area contributed by atoms with Crippen LogP contribution in [0.5, 0.6) is 0 Å². The molecule has 0 amide bonds. The first-order valence-electron chi connectivity index (χ1n) is 8.56. The van der Waals surface area contributed by atoms with Gasteiger partial charge in [0.05, 0.1) is 24.2 Å². The van der Waals surface area contributed by atoms with E-state index in [4.69, 9.17) is 4.42 Å². The normalized spacial score (nSPS) is 19.2. The highest BCUT2D eigenvalue weighted by Gasteiger charge is 2.33. The minimum Gasteiger partial charge on any atom is -0.439 e. The van der Waals surface area contributed by atoms with E-state index in [1.54, 1.807) is 17.5 Å². The topological polar surface area (TPSA) is 63.4 Å². The van der Waals surface area contributed by atoms with Gasteiger partial charge in [-0.05, 0) is 17.9 Å². The maximum Gasteiger partial charge on any atom is 0.209 e. The van der Waals surface area contributed by atoms with Crippen LogP contribution >= 0.6 is 11.3 Å². The van der Waals surface area contributed by atoms with Crippen LogP contribution < -0.4 is 0 Å².